The van der Waals surface area contributed by atoms with Crippen molar-refractivity contribution in [2.45, 2.75) is 11.8 Å². The molecule has 4 aromatic carbocycles. The summed E-state index contributed by atoms with van der Waals surface area (Å²) >= 11 is 0. The zero-order chi connectivity index (χ0) is 24.0. The fraction of sp³-hybridized carbons (Fsp3) is 0.148. The van der Waals surface area contributed by atoms with E-state index in [0.29, 0.717) is 5.69 Å². The molecule has 1 amide bonds. The molecular formula is C27H26N2O4S. The molecule has 4 rings (SSSR count). The number of sulfonamides is 1. The Balaban J connectivity index is 1.42. The van der Waals surface area contributed by atoms with E-state index in [1.165, 1.54) is 0 Å². The Morgan fingerprint density at radius 3 is 2.29 bits per heavy atom. The third-order valence-electron chi connectivity index (χ3n) is 5.37. The number of anilines is 1. The number of carbonyl (C=O) groups is 1. The van der Waals surface area contributed by atoms with Crippen molar-refractivity contribution < 1.29 is 17.9 Å². The highest BCUT2D eigenvalue weighted by Gasteiger charge is 2.27. The van der Waals surface area contributed by atoms with Crippen LogP contribution >= 0.6 is 0 Å². The van der Waals surface area contributed by atoms with Gasteiger partial charge in [0.25, 0.3) is 10.0 Å². The SMILES string of the molecule is Cc1ccc(S(=O)(=O)N(CC(=O)NCCOc2cccc3ccccc23)c2ccccc2)cc1. The van der Waals surface area contributed by atoms with Gasteiger partial charge < -0.3 is 10.1 Å². The molecule has 174 valence electrons. The van der Waals surface area contributed by atoms with E-state index < -0.39 is 15.9 Å². The van der Waals surface area contributed by atoms with E-state index in [-0.39, 0.29) is 24.6 Å². The summed E-state index contributed by atoms with van der Waals surface area (Å²) in [4.78, 5) is 12.8. The molecule has 7 heteroatoms. The average Bonchev–Trinajstić information content (AvgIpc) is 2.86. The van der Waals surface area contributed by atoms with E-state index in [4.69, 9.17) is 4.74 Å². The summed E-state index contributed by atoms with van der Waals surface area (Å²) in [5.74, 6) is 0.321. The van der Waals surface area contributed by atoms with Crippen LogP contribution in [0.4, 0.5) is 5.69 Å². The fourth-order valence-electron chi connectivity index (χ4n) is 3.61. The van der Waals surface area contributed by atoms with Crippen molar-refractivity contribution in [3.05, 3.63) is 103 Å². The van der Waals surface area contributed by atoms with Crippen molar-refractivity contribution in [1.29, 1.82) is 0 Å². The van der Waals surface area contributed by atoms with Gasteiger partial charge in [0.15, 0.2) is 0 Å². The minimum absolute atomic E-state index is 0.133. The van der Waals surface area contributed by atoms with Crippen LogP contribution in [0.1, 0.15) is 5.56 Å². The lowest BCUT2D eigenvalue weighted by molar-refractivity contribution is -0.119. The summed E-state index contributed by atoms with van der Waals surface area (Å²) in [6, 6.07) is 28.9. The average molecular weight is 475 g/mol. The molecule has 0 unspecified atom stereocenters. The van der Waals surface area contributed by atoms with Crippen molar-refractivity contribution in [2.75, 3.05) is 24.0 Å². The topological polar surface area (TPSA) is 75.7 Å². The Morgan fingerprint density at radius 2 is 1.53 bits per heavy atom. The zero-order valence-corrected chi connectivity index (χ0v) is 19.7. The van der Waals surface area contributed by atoms with Gasteiger partial charge in [0.1, 0.15) is 18.9 Å². The van der Waals surface area contributed by atoms with Crippen LogP contribution in [0, 0.1) is 6.92 Å². The molecule has 0 aromatic heterocycles. The highest BCUT2D eigenvalue weighted by molar-refractivity contribution is 7.92. The first-order valence-electron chi connectivity index (χ1n) is 11.0. The van der Waals surface area contributed by atoms with Crippen LogP contribution in [0.3, 0.4) is 0 Å². The Kier molecular flexibility index (Phi) is 7.13. The second kappa shape index (κ2) is 10.4. The predicted octanol–water partition coefficient (Wildman–Crippen LogP) is 4.54. The second-order valence-corrected chi connectivity index (χ2v) is 9.70. The van der Waals surface area contributed by atoms with E-state index in [9.17, 15) is 13.2 Å². The van der Waals surface area contributed by atoms with E-state index in [1.807, 2.05) is 49.4 Å². The molecule has 34 heavy (non-hydrogen) atoms. The van der Waals surface area contributed by atoms with Gasteiger partial charge in [0, 0.05) is 5.39 Å². The van der Waals surface area contributed by atoms with E-state index in [2.05, 4.69) is 5.32 Å². The van der Waals surface area contributed by atoms with Crippen LogP contribution in [0.5, 0.6) is 5.75 Å². The number of benzene rings is 4. The molecule has 0 aliphatic carbocycles. The molecule has 0 atom stereocenters. The first kappa shape index (κ1) is 23.3. The number of aryl methyl sites for hydroxylation is 1. The molecule has 0 bridgehead atoms. The molecule has 0 aliphatic heterocycles. The quantitative estimate of drug-likeness (QED) is 0.362. The van der Waals surface area contributed by atoms with Gasteiger partial charge in [-0.05, 0) is 42.6 Å². The number of carbonyl (C=O) groups excluding carboxylic acids is 1. The van der Waals surface area contributed by atoms with Crippen molar-refractivity contribution in [2.24, 2.45) is 0 Å². The first-order chi connectivity index (χ1) is 16.4. The normalized spacial score (nSPS) is 11.2. The van der Waals surface area contributed by atoms with Crippen molar-refractivity contribution in [1.82, 2.24) is 5.32 Å². The molecule has 0 radical (unpaired) electrons. The molecule has 0 saturated carbocycles. The van der Waals surface area contributed by atoms with Gasteiger partial charge in [0.05, 0.1) is 17.1 Å². The highest BCUT2D eigenvalue weighted by Crippen LogP contribution is 2.25. The van der Waals surface area contributed by atoms with Gasteiger partial charge >= 0.3 is 0 Å². The van der Waals surface area contributed by atoms with Crippen LogP contribution in [0.25, 0.3) is 10.8 Å². The molecule has 6 nitrogen and oxygen atoms in total. The summed E-state index contributed by atoms with van der Waals surface area (Å²) in [5.41, 5.74) is 1.37. The number of hydrogen-bond acceptors (Lipinski definition) is 4. The van der Waals surface area contributed by atoms with Crippen LogP contribution in [-0.2, 0) is 14.8 Å². The van der Waals surface area contributed by atoms with Gasteiger partial charge in [-0.1, -0.05) is 72.3 Å². The van der Waals surface area contributed by atoms with Crippen LogP contribution < -0.4 is 14.4 Å². The molecule has 1 N–H and O–H groups in total. The molecule has 4 aromatic rings. The third kappa shape index (κ3) is 5.38. The largest absolute Gasteiger partial charge is 0.491 e. The lowest BCUT2D eigenvalue weighted by Gasteiger charge is -2.24. The Bertz CT molecular complexity index is 1370. The van der Waals surface area contributed by atoms with Crippen molar-refractivity contribution in [3.63, 3.8) is 0 Å². The van der Waals surface area contributed by atoms with Crippen molar-refractivity contribution >= 4 is 32.4 Å². The number of para-hydroxylation sites is 1. The summed E-state index contributed by atoms with van der Waals surface area (Å²) in [7, 11) is -3.92. The minimum Gasteiger partial charge on any atom is -0.491 e. The minimum atomic E-state index is -3.92. The van der Waals surface area contributed by atoms with Gasteiger partial charge in [0.2, 0.25) is 5.91 Å². The third-order valence-corrected chi connectivity index (χ3v) is 7.16. The second-order valence-electron chi connectivity index (χ2n) is 7.84. The Morgan fingerprint density at radius 1 is 0.853 bits per heavy atom. The van der Waals surface area contributed by atoms with E-state index >= 15 is 0 Å². The maximum absolute atomic E-state index is 13.3. The van der Waals surface area contributed by atoms with Crippen LogP contribution in [0.15, 0.2) is 102 Å². The van der Waals surface area contributed by atoms with Crippen LogP contribution in [-0.4, -0.2) is 34.0 Å². The molecule has 0 aliphatic rings. The van der Waals surface area contributed by atoms with Gasteiger partial charge in [-0.2, -0.15) is 0 Å². The Labute approximate surface area is 199 Å². The number of nitrogens with zero attached hydrogens (tertiary/aromatic N) is 1. The van der Waals surface area contributed by atoms with E-state index in [1.54, 1.807) is 54.6 Å². The smallest absolute Gasteiger partial charge is 0.264 e. The van der Waals surface area contributed by atoms with Crippen LogP contribution in [0.2, 0.25) is 0 Å². The summed E-state index contributed by atoms with van der Waals surface area (Å²) < 4.78 is 33.7. The lowest BCUT2D eigenvalue weighted by atomic mass is 10.1. The predicted molar refractivity (Wildman–Crippen MR) is 135 cm³/mol. The molecule has 0 fully saturated rings. The molecule has 0 spiro atoms. The summed E-state index contributed by atoms with van der Waals surface area (Å²) in [6.07, 6.45) is 0. The summed E-state index contributed by atoms with van der Waals surface area (Å²) in [6.45, 7) is 2.05. The van der Waals surface area contributed by atoms with Gasteiger partial charge in [-0.3, -0.25) is 9.10 Å². The maximum Gasteiger partial charge on any atom is 0.264 e. The number of amides is 1. The first-order valence-corrected chi connectivity index (χ1v) is 12.4. The number of fused-ring (bicyclic) bond motifs is 1. The molecular weight excluding hydrogens is 448 g/mol. The lowest BCUT2D eigenvalue weighted by Crippen LogP contribution is -2.41. The molecule has 0 heterocycles. The number of rotatable bonds is 9. The fourth-order valence-corrected chi connectivity index (χ4v) is 5.03. The highest BCUT2D eigenvalue weighted by atomic mass is 32.2. The molecule has 0 saturated heterocycles. The number of hydrogen-bond donors (Lipinski definition) is 1. The zero-order valence-electron chi connectivity index (χ0n) is 18.8. The van der Waals surface area contributed by atoms with Gasteiger partial charge in [-0.25, -0.2) is 8.42 Å². The van der Waals surface area contributed by atoms with E-state index in [0.717, 1.165) is 26.4 Å². The number of nitrogens with one attached hydrogen (secondary N) is 1. The standard InChI is InChI=1S/C27H26N2O4S/c1-21-14-16-24(17-15-21)34(31,32)29(23-10-3-2-4-11-23)20-27(30)28-18-19-33-26-13-7-9-22-8-5-6-12-25(22)26/h2-17H,18-20H2,1H3,(H,28,30). The summed E-state index contributed by atoms with van der Waals surface area (Å²) in [5, 5.41) is 4.83. The number of ether oxygens (including phenoxy) is 1. The van der Waals surface area contributed by atoms with Gasteiger partial charge in [-0.15, -0.1) is 0 Å². The Hall–Kier alpha value is -3.84. The monoisotopic (exact) mass is 474 g/mol. The van der Waals surface area contributed by atoms with Crippen molar-refractivity contribution in [3.8, 4) is 5.75 Å². The maximum atomic E-state index is 13.3.